The number of allylic oxidation sites excluding steroid dienone is 1. The van der Waals surface area contributed by atoms with Crippen LogP contribution in [0.1, 0.15) is 37.7 Å². The number of hydrogen-bond acceptors (Lipinski definition) is 1. The average molecular weight is 359 g/mol. The van der Waals surface area contributed by atoms with Gasteiger partial charge < -0.3 is 0 Å². The number of rotatable bonds is 3. The lowest BCUT2D eigenvalue weighted by atomic mass is 9.84. The smallest absolute Gasteiger partial charge is 0.0410 e. The summed E-state index contributed by atoms with van der Waals surface area (Å²) >= 11 is 7.09. The molecule has 2 rings (SSSR count). The fourth-order valence-corrected chi connectivity index (χ4v) is 3.46. The van der Waals surface area contributed by atoms with Gasteiger partial charge in [-0.3, -0.25) is 4.98 Å². The van der Waals surface area contributed by atoms with E-state index >= 15 is 0 Å². The number of alkyl halides is 1. The quantitative estimate of drug-likeness (QED) is 0.676. The monoisotopic (exact) mass is 357 g/mol. The molecule has 0 atom stereocenters. The van der Waals surface area contributed by atoms with Crippen molar-refractivity contribution in [3.05, 3.63) is 34.1 Å². The molecular formula is C14H17Br2N. The highest BCUT2D eigenvalue weighted by Gasteiger charge is 2.16. The van der Waals surface area contributed by atoms with Gasteiger partial charge in [-0.2, -0.15) is 0 Å². The molecule has 0 aliphatic heterocycles. The van der Waals surface area contributed by atoms with E-state index in [1.807, 2.05) is 12.4 Å². The summed E-state index contributed by atoms with van der Waals surface area (Å²) in [6.07, 6.45) is 12.9. The maximum absolute atomic E-state index is 4.21. The van der Waals surface area contributed by atoms with Gasteiger partial charge in [0.15, 0.2) is 0 Å². The molecule has 0 aromatic carbocycles. The summed E-state index contributed by atoms with van der Waals surface area (Å²) in [4.78, 5) is 4.21. The first-order valence-electron chi connectivity index (χ1n) is 6.16. The van der Waals surface area contributed by atoms with E-state index in [1.165, 1.54) is 43.2 Å². The summed E-state index contributed by atoms with van der Waals surface area (Å²) in [6.45, 7) is 0. The molecule has 1 fully saturated rings. The largest absolute Gasteiger partial charge is 0.263 e. The molecule has 3 heteroatoms. The molecule has 1 aromatic heterocycles. The molecule has 0 amide bonds. The first kappa shape index (κ1) is 13.3. The second-order valence-corrected chi connectivity index (χ2v) is 6.10. The minimum Gasteiger partial charge on any atom is -0.263 e. The molecule has 92 valence electrons. The summed E-state index contributed by atoms with van der Waals surface area (Å²) in [5.74, 6) is 0.766. The Hall–Kier alpha value is -0.150. The lowest BCUT2D eigenvalue weighted by molar-refractivity contribution is 0.405. The lowest BCUT2D eigenvalue weighted by Gasteiger charge is -2.23. The van der Waals surface area contributed by atoms with E-state index in [-0.39, 0.29) is 0 Å². The van der Waals surface area contributed by atoms with Crippen LogP contribution in [-0.2, 0) is 0 Å². The van der Waals surface area contributed by atoms with Crippen LogP contribution in [0.25, 0.3) is 6.08 Å². The molecule has 1 saturated carbocycles. The Morgan fingerprint density at radius 1 is 1.29 bits per heavy atom. The fourth-order valence-electron chi connectivity index (χ4n) is 2.46. The Balaban J connectivity index is 2.16. The topological polar surface area (TPSA) is 12.9 Å². The maximum Gasteiger partial charge on any atom is 0.0410 e. The average Bonchev–Trinajstić information content (AvgIpc) is 2.37. The van der Waals surface area contributed by atoms with Crippen molar-refractivity contribution in [3.8, 4) is 0 Å². The van der Waals surface area contributed by atoms with Gasteiger partial charge in [0.25, 0.3) is 0 Å². The zero-order chi connectivity index (χ0) is 12.1. The minimum atomic E-state index is 0.766. The van der Waals surface area contributed by atoms with Crippen LogP contribution in [0.5, 0.6) is 0 Å². The summed E-state index contributed by atoms with van der Waals surface area (Å²) in [6, 6.07) is 2.12. The van der Waals surface area contributed by atoms with Crippen molar-refractivity contribution in [1.82, 2.24) is 4.98 Å². The first-order valence-corrected chi connectivity index (χ1v) is 8.08. The van der Waals surface area contributed by atoms with Gasteiger partial charge in [-0.15, -0.1) is 0 Å². The zero-order valence-corrected chi connectivity index (χ0v) is 13.0. The van der Waals surface area contributed by atoms with Crippen LogP contribution < -0.4 is 0 Å². The molecular weight excluding hydrogens is 342 g/mol. The molecule has 1 aliphatic rings. The second kappa shape index (κ2) is 6.69. The van der Waals surface area contributed by atoms with E-state index in [2.05, 4.69) is 49.0 Å². The summed E-state index contributed by atoms with van der Waals surface area (Å²) in [5, 5.41) is 0.976. The van der Waals surface area contributed by atoms with Crippen LogP contribution in [0.2, 0.25) is 0 Å². The van der Waals surface area contributed by atoms with Crippen molar-refractivity contribution in [2.45, 2.75) is 32.1 Å². The van der Waals surface area contributed by atoms with Crippen LogP contribution in [0.15, 0.2) is 28.5 Å². The SMILES string of the molecule is BrC/C(=C/c1cncc(Br)c1)C1CCCCC1. The molecule has 1 heterocycles. The molecule has 0 radical (unpaired) electrons. The van der Waals surface area contributed by atoms with Gasteiger partial charge in [0.2, 0.25) is 0 Å². The van der Waals surface area contributed by atoms with Crippen LogP contribution >= 0.6 is 31.9 Å². The predicted molar refractivity (Wildman–Crippen MR) is 80.3 cm³/mol. The van der Waals surface area contributed by atoms with E-state index in [1.54, 1.807) is 0 Å². The van der Waals surface area contributed by atoms with Gasteiger partial charge in [0.1, 0.15) is 0 Å². The van der Waals surface area contributed by atoms with Gasteiger partial charge in [-0.25, -0.2) is 0 Å². The maximum atomic E-state index is 4.21. The minimum absolute atomic E-state index is 0.766. The van der Waals surface area contributed by atoms with Crippen molar-refractivity contribution in [3.63, 3.8) is 0 Å². The fraction of sp³-hybridized carbons (Fsp3) is 0.500. The van der Waals surface area contributed by atoms with Crippen molar-refractivity contribution in [2.75, 3.05) is 5.33 Å². The third-order valence-corrected chi connectivity index (χ3v) is 4.44. The molecule has 1 nitrogen and oxygen atoms in total. The Morgan fingerprint density at radius 3 is 2.71 bits per heavy atom. The molecule has 0 bridgehead atoms. The molecule has 0 N–H and O–H groups in total. The molecule has 0 saturated heterocycles. The highest BCUT2D eigenvalue weighted by atomic mass is 79.9. The first-order chi connectivity index (χ1) is 8.29. The van der Waals surface area contributed by atoms with E-state index in [4.69, 9.17) is 0 Å². The van der Waals surface area contributed by atoms with Crippen molar-refractivity contribution >= 4 is 37.9 Å². The normalized spacial score (nSPS) is 18.4. The lowest BCUT2D eigenvalue weighted by Crippen LogP contribution is -2.10. The van der Waals surface area contributed by atoms with E-state index < -0.39 is 0 Å². The number of aromatic nitrogens is 1. The number of hydrogen-bond donors (Lipinski definition) is 0. The van der Waals surface area contributed by atoms with E-state index in [0.717, 1.165) is 15.7 Å². The van der Waals surface area contributed by atoms with Gasteiger partial charge in [0.05, 0.1) is 0 Å². The van der Waals surface area contributed by atoms with Gasteiger partial charge in [-0.1, -0.05) is 46.8 Å². The van der Waals surface area contributed by atoms with Crippen LogP contribution in [0.4, 0.5) is 0 Å². The highest BCUT2D eigenvalue weighted by Crippen LogP contribution is 2.31. The third-order valence-electron chi connectivity index (χ3n) is 3.36. The van der Waals surface area contributed by atoms with Gasteiger partial charge in [-0.05, 0) is 46.3 Å². The van der Waals surface area contributed by atoms with Crippen LogP contribution in [0, 0.1) is 5.92 Å². The standard InChI is InChI=1S/C14H17Br2N/c15-8-13(12-4-2-1-3-5-12)6-11-7-14(16)10-17-9-11/h6-7,9-10,12H,1-5,8H2/b13-6-. The van der Waals surface area contributed by atoms with Crippen molar-refractivity contribution in [1.29, 1.82) is 0 Å². The highest BCUT2D eigenvalue weighted by molar-refractivity contribution is 9.10. The Kier molecular flexibility index (Phi) is 5.23. The molecule has 1 aromatic rings. The molecule has 1 aliphatic carbocycles. The third kappa shape index (κ3) is 3.92. The zero-order valence-electron chi connectivity index (χ0n) is 9.83. The van der Waals surface area contributed by atoms with Crippen molar-refractivity contribution < 1.29 is 0 Å². The van der Waals surface area contributed by atoms with Gasteiger partial charge >= 0.3 is 0 Å². The van der Waals surface area contributed by atoms with Crippen LogP contribution in [0.3, 0.4) is 0 Å². The number of pyridine rings is 1. The Labute approximate surface area is 120 Å². The number of nitrogens with zero attached hydrogens (tertiary/aromatic N) is 1. The van der Waals surface area contributed by atoms with Crippen molar-refractivity contribution in [2.24, 2.45) is 5.92 Å². The van der Waals surface area contributed by atoms with Gasteiger partial charge in [0, 0.05) is 22.2 Å². The summed E-state index contributed by atoms with van der Waals surface area (Å²) < 4.78 is 1.05. The van der Waals surface area contributed by atoms with E-state index in [9.17, 15) is 0 Å². The number of halogens is 2. The Bertz CT molecular complexity index is 395. The summed E-state index contributed by atoms with van der Waals surface area (Å²) in [5.41, 5.74) is 2.71. The molecule has 17 heavy (non-hydrogen) atoms. The Morgan fingerprint density at radius 2 is 2.06 bits per heavy atom. The summed E-state index contributed by atoms with van der Waals surface area (Å²) in [7, 11) is 0. The van der Waals surface area contributed by atoms with Crippen LogP contribution in [-0.4, -0.2) is 10.3 Å². The predicted octanol–water partition coefficient (Wildman–Crippen LogP) is 5.20. The second-order valence-electron chi connectivity index (χ2n) is 4.62. The molecule has 0 spiro atoms. The van der Waals surface area contributed by atoms with E-state index in [0.29, 0.717) is 0 Å². The molecule has 0 unspecified atom stereocenters.